The molecule has 0 fully saturated rings. The topological polar surface area (TPSA) is 76.7 Å². The highest BCUT2D eigenvalue weighted by Crippen LogP contribution is 2.10. The average Bonchev–Trinajstić information content (AvgIpc) is 2.70. The standard InChI is InChI=1S/C21H24N2O4/c1-2-26-21(25)13-10-17-8-11-18(12-9-17)23-16-20(24)22-14-15-27-19-6-4-3-5-7-19/h3-13,23H,2,14-16H2,1H3,(H,22,24)/b13-10+. The van der Waals surface area contributed by atoms with Crippen molar-refractivity contribution in [3.8, 4) is 5.75 Å². The van der Waals surface area contributed by atoms with Crippen LogP contribution >= 0.6 is 0 Å². The van der Waals surface area contributed by atoms with Crippen molar-refractivity contribution in [2.24, 2.45) is 0 Å². The first-order valence-corrected chi connectivity index (χ1v) is 8.80. The number of hydrogen-bond donors (Lipinski definition) is 2. The number of benzene rings is 2. The molecule has 2 aromatic carbocycles. The Balaban J connectivity index is 1.65. The molecule has 0 aliphatic rings. The minimum absolute atomic E-state index is 0.113. The Hall–Kier alpha value is -3.28. The Morgan fingerprint density at radius 2 is 1.78 bits per heavy atom. The summed E-state index contributed by atoms with van der Waals surface area (Å²) in [4.78, 5) is 23.1. The first-order chi connectivity index (χ1) is 13.2. The lowest BCUT2D eigenvalue weighted by molar-refractivity contribution is -0.137. The van der Waals surface area contributed by atoms with Crippen molar-refractivity contribution in [3.63, 3.8) is 0 Å². The summed E-state index contributed by atoms with van der Waals surface area (Å²) < 4.78 is 10.3. The molecule has 142 valence electrons. The molecule has 0 aromatic heterocycles. The fraction of sp³-hybridized carbons (Fsp3) is 0.238. The highest BCUT2D eigenvalue weighted by Gasteiger charge is 2.01. The molecule has 0 aliphatic heterocycles. The maximum atomic E-state index is 11.8. The number of rotatable bonds is 10. The fourth-order valence-electron chi connectivity index (χ4n) is 2.19. The van der Waals surface area contributed by atoms with Crippen LogP contribution in [0.3, 0.4) is 0 Å². The number of hydrogen-bond acceptors (Lipinski definition) is 5. The molecular formula is C21H24N2O4. The monoisotopic (exact) mass is 368 g/mol. The van der Waals surface area contributed by atoms with Crippen molar-refractivity contribution >= 4 is 23.6 Å². The third-order valence-electron chi connectivity index (χ3n) is 3.50. The minimum Gasteiger partial charge on any atom is -0.492 e. The zero-order valence-corrected chi connectivity index (χ0v) is 15.3. The van der Waals surface area contributed by atoms with Crippen LogP contribution in [0.4, 0.5) is 5.69 Å². The second kappa shape index (κ2) is 11.4. The van der Waals surface area contributed by atoms with Crippen molar-refractivity contribution in [3.05, 3.63) is 66.2 Å². The zero-order valence-electron chi connectivity index (χ0n) is 15.3. The van der Waals surface area contributed by atoms with Gasteiger partial charge in [0, 0.05) is 11.8 Å². The van der Waals surface area contributed by atoms with Gasteiger partial charge in [-0.25, -0.2) is 4.79 Å². The lowest BCUT2D eigenvalue weighted by Gasteiger charge is -2.09. The average molecular weight is 368 g/mol. The highest BCUT2D eigenvalue weighted by molar-refractivity contribution is 5.87. The van der Waals surface area contributed by atoms with Gasteiger partial charge in [-0.2, -0.15) is 0 Å². The predicted molar refractivity (Wildman–Crippen MR) is 106 cm³/mol. The predicted octanol–water partition coefficient (Wildman–Crippen LogP) is 2.87. The van der Waals surface area contributed by atoms with E-state index in [0.29, 0.717) is 19.8 Å². The van der Waals surface area contributed by atoms with Gasteiger partial charge >= 0.3 is 5.97 Å². The summed E-state index contributed by atoms with van der Waals surface area (Å²) in [7, 11) is 0. The number of carbonyl (C=O) groups excluding carboxylic acids is 2. The normalized spacial score (nSPS) is 10.4. The zero-order chi connectivity index (χ0) is 19.3. The number of nitrogens with one attached hydrogen (secondary N) is 2. The first-order valence-electron chi connectivity index (χ1n) is 8.80. The maximum Gasteiger partial charge on any atom is 0.330 e. The van der Waals surface area contributed by atoms with Gasteiger partial charge in [0.25, 0.3) is 0 Å². The second-order valence-corrected chi connectivity index (χ2v) is 5.57. The van der Waals surface area contributed by atoms with E-state index in [1.54, 1.807) is 13.0 Å². The molecule has 0 saturated heterocycles. The van der Waals surface area contributed by atoms with Gasteiger partial charge in [-0.05, 0) is 42.8 Å². The maximum absolute atomic E-state index is 11.8. The molecule has 0 unspecified atom stereocenters. The summed E-state index contributed by atoms with van der Waals surface area (Å²) >= 11 is 0. The Morgan fingerprint density at radius 1 is 1.04 bits per heavy atom. The number of carbonyl (C=O) groups is 2. The van der Waals surface area contributed by atoms with Gasteiger partial charge in [0.2, 0.25) is 5.91 Å². The smallest absolute Gasteiger partial charge is 0.330 e. The van der Waals surface area contributed by atoms with E-state index in [0.717, 1.165) is 17.0 Å². The quantitative estimate of drug-likeness (QED) is 0.383. The molecule has 2 aromatic rings. The minimum atomic E-state index is -0.368. The van der Waals surface area contributed by atoms with E-state index in [1.807, 2.05) is 54.6 Å². The number of esters is 1. The lowest BCUT2D eigenvalue weighted by atomic mass is 10.2. The van der Waals surface area contributed by atoms with E-state index in [4.69, 9.17) is 9.47 Å². The van der Waals surface area contributed by atoms with Crippen LogP contribution in [-0.2, 0) is 14.3 Å². The number of ether oxygens (including phenoxy) is 2. The molecule has 0 aliphatic carbocycles. The summed E-state index contributed by atoms with van der Waals surface area (Å²) in [6, 6.07) is 16.8. The van der Waals surface area contributed by atoms with Crippen LogP contribution < -0.4 is 15.4 Å². The van der Waals surface area contributed by atoms with Crippen molar-refractivity contribution < 1.29 is 19.1 Å². The van der Waals surface area contributed by atoms with Crippen LogP contribution in [0.2, 0.25) is 0 Å². The number of anilines is 1. The molecule has 1 amide bonds. The Bertz CT molecular complexity index is 743. The van der Waals surface area contributed by atoms with Gasteiger partial charge < -0.3 is 20.1 Å². The summed E-state index contributed by atoms with van der Waals surface area (Å²) in [5.41, 5.74) is 1.69. The SMILES string of the molecule is CCOC(=O)/C=C/c1ccc(NCC(=O)NCCOc2ccccc2)cc1. The molecule has 0 heterocycles. The van der Waals surface area contributed by atoms with Gasteiger partial charge in [0.05, 0.1) is 19.7 Å². The fourth-order valence-corrected chi connectivity index (χ4v) is 2.19. The van der Waals surface area contributed by atoms with Crippen molar-refractivity contribution in [1.29, 1.82) is 0 Å². The third kappa shape index (κ3) is 8.09. The van der Waals surface area contributed by atoms with E-state index < -0.39 is 0 Å². The Morgan fingerprint density at radius 3 is 2.48 bits per heavy atom. The van der Waals surface area contributed by atoms with Crippen LogP contribution in [0.15, 0.2) is 60.7 Å². The molecule has 0 spiro atoms. The van der Waals surface area contributed by atoms with E-state index in [9.17, 15) is 9.59 Å². The van der Waals surface area contributed by atoms with Crippen molar-refractivity contribution in [2.75, 3.05) is 31.6 Å². The summed E-state index contributed by atoms with van der Waals surface area (Å²) in [6.45, 7) is 3.14. The van der Waals surface area contributed by atoms with Crippen LogP contribution in [0, 0.1) is 0 Å². The molecule has 6 nitrogen and oxygen atoms in total. The van der Waals surface area contributed by atoms with Crippen molar-refractivity contribution in [2.45, 2.75) is 6.92 Å². The summed E-state index contributed by atoms with van der Waals surface area (Å²) in [5, 5.41) is 5.84. The molecule has 0 bridgehead atoms. The van der Waals surface area contributed by atoms with E-state index in [1.165, 1.54) is 6.08 Å². The van der Waals surface area contributed by atoms with Gasteiger partial charge in [-0.1, -0.05) is 30.3 Å². The molecule has 2 N–H and O–H groups in total. The molecule has 27 heavy (non-hydrogen) atoms. The van der Waals surface area contributed by atoms with Crippen LogP contribution in [0.5, 0.6) is 5.75 Å². The van der Waals surface area contributed by atoms with E-state index in [2.05, 4.69) is 10.6 Å². The first kappa shape index (κ1) is 20.0. The molecule has 0 atom stereocenters. The lowest BCUT2D eigenvalue weighted by Crippen LogP contribution is -2.32. The van der Waals surface area contributed by atoms with Crippen molar-refractivity contribution in [1.82, 2.24) is 5.32 Å². The van der Waals surface area contributed by atoms with Gasteiger partial charge in [0.1, 0.15) is 12.4 Å². The van der Waals surface area contributed by atoms with Crippen LogP contribution in [0.1, 0.15) is 12.5 Å². The number of para-hydroxylation sites is 1. The largest absolute Gasteiger partial charge is 0.492 e. The third-order valence-corrected chi connectivity index (χ3v) is 3.50. The second-order valence-electron chi connectivity index (χ2n) is 5.57. The molecular weight excluding hydrogens is 344 g/mol. The summed E-state index contributed by atoms with van der Waals surface area (Å²) in [5.74, 6) is 0.299. The van der Waals surface area contributed by atoms with Crippen LogP contribution in [0.25, 0.3) is 6.08 Å². The molecule has 0 radical (unpaired) electrons. The molecule has 2 rings (SSSR count). The van der Waals surface area contributed by atoms with E-state index in [-0.39, 0.29) is 18.4 Å². The van der Waals surface area contributed by atoms with Gasteiger partial charge in [-0.15, -0.1) is 0 Å². The molecule has 0 saturated carbocycles. The van der Waals surface area contributed by atoms with Gasteiger partial charge in [-0.3, -0.25) is 4.79 Å². The summed E-state index contributed by atoms with van der Waals surface area (Å²) in [6.07, 6.45) is 3.07. The van der Waals surface area contributed by atoms with E-state index >= 15 is 0 Å². The highest BCUT2D eigenvalue weighted by atomic mass is 16.5. The Kier molecular flexibility index (Phi) is 8.43. The van der Waals surface area contributed by atoms with Crippen LogP contribution in [-0.4, -0.2) is 38.2 Å². The number of amides is 1. The van der Waals surface area contributed by atoms with Gasteiger partial charge in [0.15, 0.2) is 0 Å². The molecule has 6 heteroatoms. The Labute approximate surface area is 159 Å².